The second kappa shape index (κ2) is 11.3. The van der Waals surface area contributed by atoms with Crippen molar-refractivity contribution in [2.24, 2.45) is 5.92 Å². The minimum Gasteiger partial charge on any atom is -0.484 e. The molecular weight excluding hydrogens is 577 g/mol. The van der Waals surface area contributed by atoms with Crippen molar-refractivity contribution in [2.45, 2.75) is 66.3 Å². The largest absolute Gasteiger partial charge is 0.484 e. The van der Waals surface area contributed by atoms with Crippen LogP contribution in [0.1, 0.15) is 38.5 Å². The number of amides is 2. The van der Waals surface area contributed by atoms with E-state index < -0.39 is 70.2 Å². The topological polar surface area (TPSA) is 137 Å². The summed E-state index contributed by atoms with van der Waals surface area (Å²) in [7, 11) is -3.97. The van der Waals surface area contributed by atoms with Crippen LogP contribution in [0.2, 0.25) is 5.02 Å². The summed E-state index contributed by atoms with van der Waals surface area (Å²) in [6.07, 6.45) is -4.40. The van der Waals surface area contributed by atoms with E-state index in [-0.39, 0.29) is 41.5 Å². The lowest BCUT2D eigenvalue weighted by molar-refractivity contribution is -0.153. The Kier molecular flexibility index (Phi) is 8.91. The molecule has 2 saturated carbocycles. The molecule has 2 amide bonds. The Morgan fingerprint density at radius 2 is 1.90 bits per heavy atom. The maximum atomic E-state index is 13.3. The number of carbonyl (C=O) groups excluding carboxylic acids is 1. The normalized spacial score (nSPS) is 23.3. The molecule has 3 fully saturated rings. The summed E-state index contributed by atoms with van der Waals surface area (Å²) in [5, 5.41) is 17.4. The lowest BCUT2D eigenvalue weighted by Crippen LogP contribution is -2.35. The first-order valence-corrected chi connectivity index (χ1v) is 13.7. The predicted molar refractivity (Wildman–Crippen MR) is 126 cm³/mol. The number of ether oxygens (including phenoxy) is 1. The van der Waals surface area contributed by atoms with E-state index in [0.29, 0.717) is 12.8 Å². The lowest BCUT2D eigenvalue weighted by atomic mass is 10.1. The molecule has 0 spiro atoms. The monoisotopic (exact) mass is 601 g/mol. The first-order valence-electron chi connectivity index (χ1n) is 11.8. The molecule has 1 saturated heterocycles. The Morgan fingerprint density at radius 1 is 1.23 bits per heavy atom. The van der Waals surface area contributed by atoms with Gasteiger partial charge in [-0.2, -0.15) is 18.4 Å². The third-order valence-corrected chi connectivity index (χ3v) is 9.28. The average molecular weight is 602 g/mol. The number of rotatable bonds is 6. The zero-order valence-electron chi connectivity index (χ0n) is 20.3. The van der Waals surface area contributed by atoms with Crippen molar-refractivity contribution in [3.8, 4) is 11.8 Å². The molecule has 9 nitrogen and oxygen atoms in total. The van der Waals surface area contributed by atoms with Gasteiger partial charge < -0.3 is 20.1 Å². The number of nitrogens with zero attached hydrogens (tertiary/aromatic N) is 2. The van der Waals surface area contributed by atoms with E-state index in [1.165, 1.54) is 0 Å². The van der Waals surface area contributed by atoms with E-state index in [0.717, 1.165) is 23.1 Å². The highest BCUT2D eigenvalue weighted by atomic mass is 35.5. The quantitative estimate of drug-likeness (QED) is 0.461. The van der Waals surface area contributed by atoms with Gasteiger partial charge in [0.2, 0.25) is 5.91 Å². The van der Waals surface area contributed by atoms with Gasteiger partial charge in [0.25, 0.3) is 5.92 Å². The van der Waals surface area contributed by atoms with Crippen molar-refractivity contribution < 1.29 is 49.8 Å². The van der Waals surface area contributed by atoms with E-state index in [1.807, 2.05) is 6.07 Å². The van der Waals surface area contributed by atoms with Crippen LogP contribution in [0.3, 0.4) is 0 Å². The molecule has 2 N–H and O–H groups in total. The van der Waals surface area contributed by atoms with Crippen LogP contribution in [-0.2, 0) is 14.6 Å². The average Bonchev–Trinajstić information content (AvgIpc) is 3.23. The number of hydrogen-bond acceptors (Lipinski definition) is 6. The third kappa shape index (κ3) is 8.07. The Bertz CT molecular complexity index is 1250. The fraction of sp³-hybridized carbons (Fsp3) is 0.609. The summed E-state index contributed by atoms with van der Waals surface area (Å²) in [4.78, 5) is 23.2. The molecular formula is C23H25ClF5N3O6S. The molecule has 16 heteroatoms. The molecule has 0 radical (unpaired) electrons. The molecule has 39 heavy (non-hydrogen) atoms. The number of nitriles is 1. The van der Waals surface area contributed by atoms with Crippen molar-refractivity contribution in [1.82, 2.24) is 10.2 Å². The minimum absolute atomic E-state index is 0.0219. The van der Waals surface area contributed by atoms with Crippen LogP contribution in [0, 0.1) is 17.2 Å². The highest BCUT2D eigenvalue weighted by molar-refractivity contribution is 7.92. The zero-order valence-corrected chi connectivity index (χ0v) is 21.9. The Hall–Kier alpha value is -2.86. The van der Waals surface area contributed by atoms with Gasteiger partial charge in [0.1, 0.15) is 11.3 Å². The molecule has 216 valence electrons. The van der Waals surface area contributed by atoms with E-state index in [1.54, 1.807) is 0 Å². The third-order valence-electron chi connectivity index (χ3n) is 6.58. The molecule has 1 aliphatic heterocycles. The summed E-state index contributed by atoms with van der Waals surface area (Å²) in [6.45, 7) is -2.27. The van der Waals surface area contributed by atoms with Crippen LogP contribution in [0.25, 0.3) is 0 Å². The highest BCUT2D eigenvalue weighted by Gasteiger charge is 2.46. The molecule has 1 aromatic carbocycles. The molecule has 1 heterocycles. The Labute approximate surface area is 225 Å². The second-order valence-corrected chi connectivity index (χ2v) is 12.3. The highest BCUT2D eigenvalue weighted by Crippen LogP contribution is 2.39. The van der Waals surface area contributed by atoms with Crippen LogP contribution in [0.15, 0.2) is 23.1 Å². The van der Waals surface area contributed by atoms with Gasteiger partial charge >= 0.3 is 12.3 Å². The van der Waals surface area contributed by atoms with E-state index in [4.69, 9.17) is 22.0 Å². The van der Waals surface area contributed by atoms with Crippen molar-refractivity contribution in [3.63, 3.8) is 0 Å². The Balaban J connectivity index is 0.000000395. The molecule has 0 unspecified atom stereocenters. The van der Waals surface area contributed by atoms with Crippen molar-refractivity contribution in [3.05, 3.63) is 23.2 Å². The van der Waals surface area contributed by atoms with E-state index in [2.05, 4.69) is 10.1 Å². The number of carboxylic acid groups (broad SMARTS) is 1. The number of benzene rings is 1. The number of nitrogens with one attached hydrogen (secondary N) is 1. The second-order valence-electron chi connectivity index (χ2n) is 9.66. The van der Waals surface area contributed by atoms with Gasteiger partial charge in [-0.3, -0.25) is 4.79 Å². The number of carbonyl (C=O) groups is 2. The number of halogens is 6. The summed E-state index contributed by atoms with van der Waals surface area (Å²) in [5.41, 5.74) is -0.730. The van der Waals surface area contributed by atoms with Gasteiger partial charge in [0.05, 0.1) is 27.8 Å². The van der Waals surface area contributed by atoms with Crippen LogP contribution < -0.4 is 10.1 Å². The zero-order chi connectivity index (χ0) is 29.2. The van der Waals surface area contributed by atoms with Gasteiger partial charge in [0, 0.05) is 24.9 Å². The molecule has 0 aromatic heterocycles. The minimum atomic E-state index is -4.55. The summed E-state index contributed by atoms with van der Waals surface area (Å²) < 4.78 is 93.8. The SMILES string of the molecule is N#CC1(NC(=O)O)CC1.O=C([C@@H]1CC[C@@H](S(=O)(=O)c2ccc(OCC(F)(F)F)cc2Cl)C1)N1CCC(F)(F)C1. The number of hydrogen-bond donors (Lipinski definition) is 2. The first kappa shape index (κ1) is 30.7. The van der Waals surface area contributed by atoms with Gasteiger partial charge in [-0.25, -0.2) is 22.0 Å². The van der Waals surface area contributed by atoms with Gasteiger partial charge in [-0.15, -0.1) is 0 Å². The molecule has 1 aromatic rings. The fourth-order valence-electron chi connectivity index (χ4n) is 4.37. The first-order chi connectivity index (χ1) is 18.0. The maximum absolute atomic E-state index is 13.3. The molecule has 3 aliphatic rings. The van der Waals surface area contributed by atoms with Crippen molar-refractivity contribution in [2.75, 3.05) is 19.7 Å². The lowest BCUT2D eigenvalue weighted by Gasteiger charge is -2.20. The molecule has 2 aliphatic carbocycles. The fourth-order valence-corrected chi connectivity index (χ4v) is 6.74. The van der Waals surface area contributed by atoms with Crippen molar-refractivity contribution >= 4 is 33.4 Å². The number of sulfone groups is 1. The van der Waals surface area contributed by atoms with Crippen molar-refractivity contribution in [1.29, 1.82) is 5.26 Å². The van der Waals surface area contributed by atoms with E-state index >= 15 is 0 Å². The molecule has 0 bridgehead atoms. The molecule has 4 rings (SSSR count). The Morgan fingerprint density at radius 3 is 2.36 bits per heavy atom. The van der Waals surface area contributed by atoms with Crippen LogP contribution in [-0.4, -0.2) is 73.0 Å². The summed E-state index contributed by atoms with van der Waals surface area (Å²) >= 11 is 5.98. The maximum Gasteiger partial charge on any atom is 0.422 e. The smallest absolute Gasteiger partial charge is 0.422 e. The van der Waals surface area contributed by atoms with Crippen LogP contribution in [0.5, 0.6) is 5.75 Å². The number of alkyl halides is 5. The summed E-state index contributed by atoms with van der Waals surface area (Å²) in [6, 6.07) is 5.03. The van der Waals surface area contributed by atoms with Crippen LogP contribution in [0.4, 0.5) is 26.7 Å². The van der Waals surface area contributed by atoms with E-state index in [9.17, 15) is 40.0 Å². The van der Waals surface area contributed by atoms with Gasteiger partial charge in [0.15, 0.2) is 16.4 Å². The predicted octanol–water partition coefficient (Wildman–Crippen LogP) is 4.40. The van der Waals surface area contributed by atoms with Crippen LogP contribution >= 0.6 is 11.6 Å². The molecule has 2 atom stereocenters. The van der Waals surface area contributed by atoms with Gasteiger partial charge in [-0.1, -0.05) is 11.6 Å². The van der Waals surface area contributed by atoms with Gasteiger partial charge in [-0.05, 0) is 44.2 Å². The number of likely N-dealkylation sites (tertiary alicyclic amines) is 1. The summed E-state index contributed by atoms with van der Waals surface area (Å²) in [5.74, 6) is -4.31. The standard InChI is InChI=1S/C18H19ClF5NO4S.C5H6N2O2/c19-14-8-12(29-10-18(22,23)24)2-4-15(14)30(27,28)13-3-1-11(7-13)16(26)25-6-5-17(20,21)9-25;6-3-5(1-2-5)7-4(8)9/h2,4,8,11,13H,1,3,5-7,9-10H2;7H,1-2H2,(H,8,9)/t11-,13-;/m1./s1.